The van der Waals surface area contributed by atoms with Crippen LogP contribution in [0, 0.1) is 5.82 Å². The fourth-order valence-corrected chi connectivity index (χ4v) is 4.62. The van der Waals surface area contributed by atoms with Gasteiger partial charge in [0.05, 0.1) is 6.42 Å². The number of carboxylic acid groups (broad SMARTS) is 1. The molecule has 1 saturated carbocycles. The molecule has 1 unspecified atom stereocenters. The zero-order valence-corrected chi connectivity index (χ0v) is 16.6. The predicted octanol–water partition coefficient (Wildman–Crippen LogP) is 5.59. The number of carboxylic acids is 1. The molecule has 4 heteroatoms. The third-order valence-electron chi connectivity index (χ3n) is 6.10. The minimum absolute atomic E-state index is 0.0677. The van der Waals surface area contributed by atoms with Crippen molar-refractivity contribution >= 4 is 16.7 Å². The van der Waals surface area contributed by atoms with Gasteiger partial charge in [0.2, 0.25) is 0 Å². The summed E-state index contributed by atoms with van der Waals surface area (Å²) < 4.78 is 14.1. The second kappa shape index (κ2) is 8.34. The average Bonchev–Trinajstić information content (AvgIpc) is 3.17. The van der Waals surface area contributed by atoms with Crippen LogP contribution in [0.4, 0.5) is 4.39 Å². The molecule has 150 valence electrons. The Bertz CT molecular complexity index is 1020. The fraction of sp³-hybridized carbons (Fsp3) is 0.320. The summed E-state index contributed by atoms with van der Waals surface area (Å²) in [7, 11) is 0. The van der Waals surface area contributed by atoms with E-state index in [9.17, 15) is 9.18 Å². The summed E-state index contributed by atoms with van der Waals surface area (Å²) >= 11 is 0. The summed E-state index contributed by atoms with van der Waals surface area (Å²) in [5.74, 6) is -0.488. The number of hydrogen-bond acceptors (Lipinski definition) is 2. The number of halogens is 1. The molecule has 0 radical (unpaired) electrons. The van der Waals surface area contributed by atoms with Crippen molar-refractivity contribution in [2.45, 2.75) is 50.6 Å². The first-order chi connectivity index (χ1) is 14.0. The molecule has 1 aliphatic rings. The normalized spacial score (nSPS) is 20.1. The number of benzene rings is 3. The predicted molar refractivity (Wildman–Crippen MR) is 114 cm³/mol. The maximum atomic E-state index is 14.1. The van der Waals surface area contributed by atoms with Crippen LogP contribution in [0.5, 0.6) is 0 Å². The number of nitrogens with one attached hydrogen (secondary N) is 1. The van der Waals surface area contributed by atoms with Crippen LogP contribution in [0.25, 0.3) is 10.8 Å². The van der Waals surface area contributed by atoms with Crippen LogP contribution < -0.4 is 5.32 Å². The Balaban J connectivity index is 1.43. The van der Waals surface area contributed by atoms with Gasteiger partial charge in [-0.05, 0) is 60.2 Å². The molecular weight excluding hydrogens is 365 g/mol. The molecule has 4 rings (SSSR count). The standard InChI is InChI=1S/C25H26FNO2/c1-16(21-12-13-24(26)23-5-3-2-4-22(21)23)27-20-11-10-19(15-20)18-8-6-17(7-9-18)14-25(28)29/h2-9,12-13,16,19-20,27H,10-11,14-15H2,1H3,(H,28,29)/t16-,19-,20?/m1/s1. The zero-order valence-electron chi connectivity index (χ0n) is 16.6. The van der Waals surface area contributed by atoms with E-state index in [1.807, 2.05) is 42.5 Å². The minimum Gasteiger partial charge on any atom is -0.481 e. The quantitative estimate of drug-likeness (QED) is 0.576. The van der Waals surface area contributed by atoms with Gasteiger partial charge in [0, 0.05) is 17.5 Å². The van der Waals surface area contributed by atoms with E-state index >= 15 is 0 Å². The van der Waals surface area contributed by atoms with Gasteiger partial charge in [0.1, 0.15) is 5.82 Å². The first-order valence-electron chi connectivity index (χ1n) is 10.2. The smallest absolute Gasteiger partial charge is 0.307 e. The monoisotopic (exact) mass is 391 g/mol. The van der Waals surface area contributed by atoms with Gasteiger partial charge >= 0.3 is 5.97 Å². The van der Waals surface area contributed by atoms with Crippen LogP contribution in [0.2, 0.25) is 0 Å². The minimum atomic E-state index is -0.801. The lowest BCUT2D eigenvalue weighted by atomic mass is 9.95. The summed E-state index contributed by atoms with van der Waals surface area (Å²) in [6.45, 7) is 2.15. The third-order valence-corrected chi connectivity index (χ3v) is 6.10. The van der Waals surface area contributed by atoms with Crippen LogP contribution in [0.3, 0.4) is 0 Å². The van der Waals surface area contributed by atoms with E-state index in [4.69, 9.17) is 5.11 Å². The molecule has 29 heavy (non-hydrogen) atoms. The van der Waals surface area contributed by atoms with Gasteiger partial charge in [-0.3, -0.25) is 4.79 Å². The molecule has 0 heterocycles. The Morgan fingerprint density at radius 2 is 1.79 bits per heavy atom. The molecule has 0 amide bonds. The highest BCUT2D eigenvalue weighted by Gasteiger charge is 2.27. The molecule has 2 N–H and O–H groups in total. The molecule has 3 nitrogen and oxygen atoms in total. The summed E-state index contributed by atoms with van der Waals surface area (Å²) in [4.78, 5) is 10.8. The molecule has 0 bridgehead atoms. The SMILES string of the molecule is C[C@@H](NC1CC[C@@H](c2ccc(CC(=O)O)cc2)C1)c1ccc(F)c2ccccc12. The van der Waals surface area contributed by atoms with Gasteiger partial charge in [0.15, 0.2) is 0 Å². The van der Waals surface area contributed by atoms with Crippen molar-refractivity contribution in [2.75, 3.05) is 0 Å². The first kappa shape index (κ1) is 19.6. The number of fused-ring (bicyclic) bond motifs is 1. The summed E-state index contributed by atoms with van der Waals surface area (Å²) in [6.07, 6.45) is 3.35. The van der Waals surface area contributed by atoms with Crippen molar-refractivity contribution in [2.24, 2.45) is 0 Å². The summed E-state index contributed by atoms with van der Waals surface area (Å²) in [5.41, 5.74) is 3.25. The molecule has 3 atom stereocenters. The van der Waals surface area contributed by atoms with Gasteiger partial charge in [-0.15, -0.1) is 0 Å². The maximum Gasteiger partial charge on any atom is 0.307 e. The van der Waals surface area contributed by atoms with Crippen molar-refractivity contribution in [1.82, 2.24) is 5.32 Å². The second-order valence-electron chi connectivity index (χ2n) is 8.09. The van der Waals surface area contributed by atoms with Gasteiger partial charge < -0.3 is 10.4 Å². The molecular formula is C25H26FNO2. The van der Waals surface area contributed by atoms with E-state index in [0.717, 1.165) is 35.8 Å². The summed E-state index contributed by atoms with van der Waals surface area (Å²) in [6, 6.07) is 19.7. The van der Waals surface area contributed by atoms with Gasteiger partial charge in [0.25, 0.3) is 0 Å². The van der Waals surface area contributed by atoms with E-state index in [1.54, 1.807) is 6.07 Å². The second-order valence-corrected chi connectivity index (χ2v) is 8.09. The van der Waals surface area contributed by atoms with E-state index in [0.29, 0.717) is 17.3 Å². The molecule has 0 aliphatic heterocycles. The van der Waals surface area contributed by atoms with Gasteiger partial charge in [-0.2, -0.15) is 0 Å². The molecule has 1 fully saturated rings. The maximum absolute atomic E-state index is 14.1. The van der Waals surface area contributed by atoms with E-state index < -0.39 is 5.97 Å². The number of carbonyl (C=O) groups is 1. The van der Waals surface area contributed by atoms with E-state index in [1.165, 1.54) is 5.56 Å². The lowest BCUT2D eigenvalue weighted by molar-refractivity contribution is -0.136. The lowest BCUT2D eigenvalue weighted by Gasteiger charge is -2.22. The molecule has 0 saturated heterocycles. The van der Waals surface area contributed by atoms with E-state index in [-0.39, 0.29) is 18.3 Å². The number of hydrogen-bond donors (Lipinski definition) is 2. The largest absolute Gasteiger partial charge is 0.481 e. The van der Waals surface area contributed by atoms with Crippen molar-refractivity contribution < 1.29 is 14.3 Å². The Kier molecular flexibility index (Phi) is 5.63. The Hall–Kier alpha value is -2.72. The highest BCUT2D eigenvalue weighted by molar-refractivity contribution is 5.86. The van der Waals surface area contributed by atoms with Gasteiger partial charge in [-0.1, -0.05) is 54.6 Å². The average molecular weight is 391 g/mol. The first-order valence-corrected chi connectivity index (χ1v) is 10.2. The fourth-order valence-electron chi connectivity index (χ4n) is 4.62. The van der Waals surface area contributed by atoms with Crippen LogP contribution in [0.1, 0.15) is 54.8 Å². The van der Waals surface area contributed by atoms with Crippen molar-refractivity contribution in [1.29, 1.82) is 0 Å². The van der Waals surface area contributed by atoms with Crippen molar-refractivity contribution in [3.05, 3.63) is 83.2 Å². The Morgan fingerprint density at radius 3 is 2.52 bits per heavy atom. The van der Waals surface area contributed by atoms with Crippen LogP contribution in [0.15, 0.2) is 60.7 Å². The van der Waals surface area contributed by atoms with Crippen LogP contribution in [-0.4, -0.2) is 17.1 Å². The highest BCUT2D eigenvalue weighted by Crippen LogP contribution is 2.36. The summed E-state index contributed by atoms with van der Waals surface area (Å²) in [5, 5.41) is 14.3. The van der Waals surface area contributed by atoms with Crippen LogP contribution in [-0.2, 0) is 11.2 Å². The molecule has 0 aromatic heterocycles. The molecule has 3 aromatic rings. The topological polar surface area (TPSA) is 49.3 Å². The molecule has 0 spiro atoms. The zero-order chi connectivity index (χ0) is 20.4. The number of aliphatic carboxylic acids is 1. The van der Waals surface area contributed by atoms with Crippen LogP contribution >= 0.6 is 0 Å². The lowest BCUT2D eigenvalue weighted by Crippen LogP contribution is -2.29. The third kappa shape index (κ3) is 4.33. The Labute approximate surface area is 170 Å². The highest BCUT2D eigenvalue weighted by atomic mass is 19.1. The molecule has 1 aliphatic carbocycles. The van der Waals surface area contributed by atoms with Crippen molar-refractivity contribution in [3.8, 4) is 0 Å². The van der Waals surface area contributed by atoms with E-state index in [2.05, 4.69) is 24.4 Å². The number of rotatable bonds is 6. The molecule has 3 aromatic carbocycles. The Morgan fingerprint density at radius 1 is 1.07 bits per heavy atom. The van der Waals surface area contributed by atoms with Gasteiger partial charge in [-0.25, -0.2) is 4.39 Å². The van der Waals surface area contributed by atoms with Crippen molar-refractivity contribution in [3.63, 3.8) is 0 Å².